The van der Waals surface area contributed by atoms with E-state index in [1.807, 2.05) is 12.1 Å². The van der Waals surface area contributed by atoms with Gasteiger partial charge in [-0.3, -0.25) is 4.79 Å². The van der Waals surface area contributed by atoms with Crippen LogP contribution in [0.3, 0.4) is 0 Å². The van der Waals surface area contributed by atoms with E-state index in [0.717, 1.165) is 38.2 Å². The van der Waals surface area contributed by atoms with Crippen molar-refractivity contribution in [1.29, 1.82) is 0 Å². The third-order valence-electron chi connectivity index (χ3n) is 5.24. The maximum atomic E-state index is 12.2. The Morgan fingerprint density at radius 2 is 1.50 bits per heavy atom. The average Bonchev–Trinajstić information content (AvgIpc) is 2.67. The van der Waals surface area contributed by atoms with E-state index < -0.39 is 0 Å². The van der Waals surface area contributed by atoms with E-state index in [2.05, 4.69) is 27.2 Å². The number of carbonyl (C=O) groups is 1. The summed E-state index contributed by atoms with van der Waals surface area (Å²) in [4.78, 5) is 17.2. The van der Waals surface area contributed by atoms with Crippen molar-refractivity contribution in [1.82, 2.24) is 10.2 Å². The first-order valence-corrected chi connectivity index (χ1v) is 9.68. The number of nitrogens with one attached hydrogen (secondary N) is 1. The Kier molecular flexibility index (Phi) is 6.53. The van der Waals surface area contributed by atoms with Crippen molar-refractivity contribution in [3.8, 4) is 0 Å². The fourth-order valence-corrected chi connectivity index (χ4v) is 3.77. The molecule has 0 atom stereocenters. The van der Waals surface area contributed by atoms with Gasteiger partial charge in [-0.25, -0.2) is 0 Å². The normalized spacial score (nSPS) is 19.2. The molecule has 1 aromatic rings. The molecule has 0 aliphatic carbocycles. The second kappa shape index (κ2) is 9.07. The van der Waals surface area contributed by atoms with Gasteiger partial charge in [-0.05, 0) is 82.4 Å². The van der Waals surface area contributed by atoms with Gasteiger partial charge in [0.25, 0.3) is 5.91 Å². The summed E-state index contributed by atoms with van der Waals surface area (Å²) >= 11 is 0. The van der Waals surface area contributed by atoms with Crippen LogP contribution in [0.15, 0.2) is 24.3 Å². The van der Waals surface area contributed by atoms with Crippen molar-refractivity contribution in [3.05, 3.63) is 29.8 Å². The molecule has 0 saturated carbocycles. The van der Waals surface area contributed by atoms with Crippen LogP contribution in [0.5, 0.6) is 0 Å². The van der Waals surface area contributed by atoms with Crippen LogP contribution in [0, 0.1) is 0 Å². The molecular formula is C20H31N3O. The average molecular weight is 329 g/mol. The number of amides is 1. The zero-order valence-corrected chi connectivity index (χ0v) is 14.8. The third-order valence-corrected chi connectivity index (χ3v) is 5.24. The lowest BCUT2D eigenvalue weighted by Gasteiger charge is -2.28. The molecule has 0 radical (unpaired) electrons. The largest absolute Gasteiger partial charge is 0.372 e. The van der Waals surface area contributed by atoms with Crippen LogP contribution in [0.1, 0.15) is 55.3 Å². The first-order valence-electron chi connectivity index (χ1n) is 9.68. The van der Waals surface area contributed by atoms with Crippen molar-refractivity contribution in [2.24, 2.45) is 0 Å². The summed E-state index contributed by atoms with van der Waals surface area (Å²) in [7, 11) is 0. The molecule has 0 unspecified atom stereocenters. The third kappa shape index (κ3) is 4.97. The Bertz CT molecular complexity index is 502. The van der Waals surface area contributed by atoms with Crippen LogP contribution in [-0.2, 0) is 0 Å². The molecule has 3 rings (SSSR count). The van der Waals surface area contributed by atoms with E-state index in [1.54, 1.807) is 0 Å². The first-order chi connectivity index (χ1) is 11.8. The zero-order chi connectivity index (χ0) is 16.6. The van der Waals surface area contributed by atoms with Crippen molar-refractivity contribution in [2.45, 2.75) is 44.9 Å². The van der Waals surface area contributed by atoms with E-state index in [1.165, 1.54) is 57.3 Å². The minimum atomic E-state index is 0.0545. The highest BCUT2D eigenvalue weighted by Crippen LogP contribution is 2.20. The molecule has 1 amide bonds. The Morgan fingerprint density at radius 1 is 0.875 bits per heavy atom. The van der Waals surface area contributed by atoms with Crippen LogP contribution in [0.25, 0.3) is 0 Å². The lowest BCUT2D eigenvalue weighted by molar-refractivity contribution is 0.0951. The van der Waals surface area contributed by atoms with E-state index in [0.29, 0.717) is 0 Å². The maximum absolute atomic E-state index is 12.2. The van der Waals surface area contributed by atoms with Gasteiger partial charge in [0.05, 0.1) is 0 Å². The van der Waals surface area contributed by atoms with Crippen LogP contribution in [0.4, 0.5) is 5.69 Å². The molecule has 2 fully saturated rings. The molecule has 0 spiro atoms. The minimum absolute atomic E-state index is 0.0545. The Labute approximate surface area is 146 Å². The van der Waals surface area contributed by atoms with Gasteiger partial charge in [-0.1, -0.05) is 6.42 Å². The first kappa shape index (κ1) is 17.3. The Morgan fingerprint density at radius 3 is 2.17 bits per heavy atom. The fourth-order valence-electron chi connectivity index (χ4n) is 3.77. The molecule has 2 heterocycles. The molecule has 2 saturated heterocycles. The van der Waals surface area contributed by atoms with Crippen LogP contribution >= 0.6 is 0 Å². The number of benzene rings is 1. The van der Waals surface area contributed by atoms with E-state index in [9.17, 15) is 4.79 Å². The summed E-state index contributed by atoms with van der Waals surface area (Å²) in [5, 5.41) is 3.06. The van der Waals surface area contributed by atoms with Gasteiger partial charge in [-0.2, -0.15) is 0 Å². The van der Waals surface area contributed by atoms with Gasteiger partial charge >= 0.3 is 0 Å². The molecule has 4 heteroatoms. The number of nitrogens with zero attached hydrogens (tertiary/aromatic N) is 2. The highest BCUT2D eigenvalue weighted by Gasteiger charge is 2.12. The summed E-state index contributed by atoms with van der Waals surface area (Å²) in [5.41, 5.74) is 2.02. The van der Waals surface area contributed by atoms with Gasteiger partial charge in [0.15, 0.2) is 0 Å². The van der Waals surface area contributed by atoms with Crippen LogP contribution < -0.4 is 10.2 Å². The number of carbonyl (C=O) groups excluding carboxylic acids is 1. The quantitative estimate of drug-likeness (QED) is 0.814. The highest BCUT2D eigenvalue weighted by atomic mass is 16.1. The zero-order valence-electron chi connectivity index (χ0n) is 14.8. The highest BCUT2D eigenvalue weighted by molar-refractivity contribution is 5.94. The molecule has 1 N–H and O–H groups in total. The molecule has 4 nitrogen and oxygen atoms in total. The number of hydrogen-bond donors (Lipinski definition) is 1. The van der Waals surface area contributed by atoms with Crippen LogP contribution in [0.2, 0.25) is 0 Å². The van der Waals surface area contributed by atoms with Crippen molar-refractivity contribution in [3.63, 3.8) is 0 Å². The topological polar surface area (TPSA) is 35.6 Å². The lowest BCUT2D eigenvalue weighted by Crippen LogP contribution is -2.33. The maximum Gasteiger partial charge on any atom is 0.251 e. The molecule has 0 aromatic heterocycles. The summed E-state index contributed by atoms with van der Waals surface area (Å²) in [6, 6.07) is 8.11. The Hall–Kier alpha value is -1.55. The lowest BCUT2D eigenvalue weighted by atomic mass is 10.1. The fraction of sp³-hybridized carbons (Fsp3) is 0.650. The SMILES string of the molecule is O=C(NCCCN1CCCCC1)c1ccc(N2CCCCC2)cc1. The summed E-state index contributed by atoms with van der Waals surface area (Å²) in [6.45, 7) is 6.61. The number of rotatable bonds is 6. The summed E-state index contributed by atoms with van der Waals surface area (Å²) in [5.74, 6) is 0.0545. The van der Waals surface area contributed by atoms with Gasteiger partial charge in [0, 0.05) is 30.9 Å². The van der Waals surface area contributed by atoms with Gasteiger partial charge in [0.2, 0.25) is 0 Å². The number of hydrogen-bond acceptors (Lipinski definition) is 3. The van der Waals surface area contributed by atoms with Crippen molar-refractivity contribution < 1.29 is 4.79 Å². The predicted octanol–water partition coefficient (Wildman–Crippen LogP) is 3.28. The van der Waals surface area contributed by atoms with Crippen molar-refractivity contribution >= 4 is 11.6 Å². The second-order valence-corrected chi connectivity index (χ2v) is 7.11. The van der Waals surface area contributed by atoms with Gasteiger partial charge < -0.3 is 15.1 Å². The van der Waals surface area contributed by atoms with E-state index >= 15 is 0 Å². The number of anilines is 1. The summed E-state index contributed by atoms with van der Waals surface area (Å²) in [6.07, 6.45) is 8.97. The van der Waals surface area contributed by atoms with E-state index in [4.69, 9.17) is 0 Å². The number of piperidine rings is 2. The molecule has 0 bridgehead atoms. The molecule has 132 valence electrons. The standard InChI is InChI=1S/C20H31N3O/c24-20(21-12-7-15-22-13-3-1-4-14-22)18-8-10-19(11-9-18)23-16-5-2-6-17-23/h8-11H,1-7,12-17H2,(H,21,24). The minimum Gasteiger partial charge on any atom is -0.372 e. The smallest absolute Gasteiger partial charge is 0.251 e. The molecule has 1 aromatic carbocycles. The van der Waals surface area contributed by atoms with Crippen LogP contribution in [-0.4, -0.2) is 50.1 Å². The Balaban J connectivity index is 1.39. The molecule has 24 heavy (non-hydrogen) atoms. The van der Waals surface area contributed by atoms with E-state index in [-0.39, 0.29) is 5.91 Å². The molecule has 2 aliphatic heterocycles. The molecule has 2 aliphatic rings. The van der Waals surface area contributed by atoms with Gasteiger partial charge in [0.1, 0.15) is 0 Å². The monoisotopic (exact) mass is 329 g/mol. The molecular weight excluding hydrogens is 298 g/mol. The predicted molar refractivity (Wildman–Crippen MR) is 99.7 cm³/mol. The van der Waals surface area contributed by atoms with Gasteiger partial charge in [-0.15, -0.1) is 0 Å². The summed E-state index contributed by atoms with van der Waals surface area (Å²) < 4.78 is 0. The number of likely N-dealkylation sites (tertiary alicyclic amines) is 1. The van der Waals surface area contributed by atoms with Crippen molar-refractivity contribution in [2.75, 3.05) is 44.2 Å². The second-order valence-electron chi connectivity index (χ2n) is 7.11.